The first-order chi connectivity index (χ1) is 8.60. The number of nitrogen functional groups attached to an aromatic ring is 1. The normalized spacial score (nSPS) is 10.3. The molecule has 0 aliphatic carbocycles. The number of nitrogens with two attached hydrogens (primary N) is 1. The van der Waals surface area contributed by atoms with Gasteiger partial charge in [-0.15, -0.1) is 0 Å². The molecule has 0 saturated carbocycles. The number of aryl methyl sites for hydroxylation is 1. The van der Waals surface area contributed by atoms with Crippen LogP contribution in [0.1, 0.15) is 23.0 Å². The number of nitrogens with zero attached hydrogens (tertiary/aromatic N) is 2. The Morgan fingerprint density at radius 1 is 1.56 bits per heavy atom. The Morgan fingerprint density at radius 3 is 3.00 bits per heavy atom. The third-order valence-corrected chi connectivity index (χ3v) is 3.01. The molecule has 4 N–H and O–H groups in total. The van der Waals surface area contributed by atoms with Crippen LogP contribution >= 0.6 is 15.9 Å². The van der Waals surface area contributed by atoms with E-state index in [4.69, 9.17) is 5.73 Å². The summed E-state index contributed by atoms with van der Waals surface area (Å²) in [6.07, 6.45) is 2.32. The molecule has 0 spiro atoms. The zero-order valence-corrected chi connectivity index (χ0v) is 11.3. The maximum absolute atomic E-state index is 12.0. The highest BCUT2D eigenvalue weighted by Gasteiger charge is 2.12. The van der Waals surface area contributed by atoms with E-state index in [1.165, 1.54) is 12.3 Å². The van der Waals surface area contributed by atoms with Crippen LogP contribution in [0.4, 0.5) is 11.6 Å². The number of halogens is 1. The summed E-state index contributed by atoms with van der Waals surface area (Å²) in [6.45, 7) is 2.00. The number of hydrogen-bond donors (Lipinski definition) is 3. The van der Waals surface area contributed by atoms with Crippen LogP contribution in [0.15, 0.2) is 22.8 Å². The Balaban J connectivity index is 2.19. The number of nitrogens with one attached hydrogen (secondary N) is 2. The summed E-state index contributed by atoms with van der Waals surface area (Å²) in [5.41, 5.74) is 6.93. The van der Waals surface area contributed by atoms with Gasteiger partial charge in [0.15, 0.2) is 5.82 Å². The van der Waals surface area contributed by atoms with Crippen molar-refractivity contribution >= 4 is 33.5 Å². The number of aromatic amines is 1. The SMILES string of the molecule is CCc1cc(NC(=O)c2cc(N)ncc2Br)n[nH]1. The Labute approximate surface area is 112 Å². The summed E-state index contributed by atoms with van der Waals surface area (Å²) in [5.74, 6) is 0.490. The fourth-order valence-corrected chi connectivity index (χ4v) is 1.82. The van der Waals surface area contributed by atoms with E-state index in [2.05, 4.69) is 36.4 Å². The monoisotopic (exact) mass is 309 g/mol. The molecule has 2 rings (SSSR count). The molecule has 6 nitrogen and oxygen atoms in total. The molecule has 0 saturated heterocycles. The average molecular weight is 310 g/mol. The number of aromatic nitrogens is 3. The van der Waals surface area contributed by atoms with E-state index in [0.717, 1.165) is 12.1 Å². The van der Waals surface area contributed by atoms with Crippen molar-refractivity contribution in [3.8, 4) is 0 Å². The fraction of sp³-hybridized carbons (Fsp3) is 0.182. The van der Waals surface area contributed by atoms with Crippen LogP contribution in [0.3, 0.4) is 0 Å². The van der Waals surface area contributed by atoms with E-state index in [9.17, 15) is 4.79 Å². The molecule has 0 bridgehead atoms. The van der Waals surface area contributed by atoms with Gasteiger partial charge in [-0.3, -0.25) is 9.89 Å². The zero-order chi connectivity index (χ0) is 13.1. The van der Waals surface area contributed by atoms with Gasteiger partial charge in [-0.05, 0) is 28.4 Å². The summed E-state index contributed by atoms with van der Waals surface area (Å²) in [5, 5.41) is 9.50. The second-order valence-corrected chi connectivity index (χ2v) is 4.53. The van der Waals surface area contributed by atoms with Gasteiger partial charge >= 0.3 is 0 Å². The van der Waals surface area contributed by atoms with Crippen LogP contribution < -0.4 is 11.1 Å². The van der Waals surface area contributed by atoms with Crippen molar-refractivity contribution in [2.75, 3.05) is 11.1 Å². The second kappa shape index (κ2) is 5.18. The fourth-order valence-electron chi connectivity index (χ4n) is 1.42. The van der Waals surface area contributed by atoms with E-state index in [1.807, 2.05) is 6.92 Å². The second-order valence-electron chi connectivity index (χ2n) is 3.68. The van der Waals surface area contributed by atoms with E-state index in [1.54, 1.807) is 6.07 Å². The largest absolute Gasteiger partial charge is 0.384 e. The highest BCUT2D eigenvalue weighted by atomic mass is 79.9. The summed E-state index contributed by atoms with van der Waals surface area (Å²) >= 11 is 3.26. The minimum atomic E-state index is -0.287. The lowest BCUT2D eigenvalue weighted by Gasteiger charge is -2.04. The summed E-state index contributed by atoms with van der Waals surface area (Å²) in [7, 11) is 0. The molecule has 7 heteroatoms. The van der Waals surface area contributed by atoms with Crippen molar-refractivity contribution in [3.05, 3.63) is 34.1 Å². The zero-order valence-electron chi connectivity index (χ0n) is 9.70. The van der Waals surface area contributed by atoms with E-state index in [0.29, 0.717) is 21.7 Å². The van der Waals surface area contributed by atoms with Gasteiger partial charge < -0.3 is 11.1 Å². The first-order valence-corrected chi connectivity index (χ1v) is 6.16. The van der Waals surface area contributed by atoms with Crippen LogP contribution in [0.2, 0.25) is 0 Å². The Morgan fingerprint density at radius 2 is 2.33 bits per heavy atom. The van der Waals surface area contributed by atoms with Crippen molar-refractivity contribution in [3.63, 3.8) is 0 Å². The minimum Gasteiger partial charge on any atom is -0.384 e. The number of amides is 1. The van der Waals surface area contributed by atoms with Crippen LogP contribution in [0, 0.1) is 0 Å². The van der Waals surface area contributed by atoms with Crippen molar-refractivity contribution in [1.29, 1.82) is 0 Å². The van der Waals surface area contributed by atoms with Crippen LogP contribution in [-0.4, -0.2) is 21.1 Å². The smallest absolute Gasteiger partial charge is 0.258 e. The van der Waals surface area contributed by atoms with Crippen molar-refractivity contribution in [1.82, 2.24) is 15.2 Å². The molecule has 0 atom stereocenters. The molecule has 2 heterocycles. The van der Waals surface area contributed by atoms with Crippen LogP contribution in [0.5, 0.6) is 0 Å². The van der Waals surface area contributed by atoms with Crippen molar-refractivity contribution in [2.24, 2.45) is 0 Å². The first-order valence-electron chi connectivity index (χ1n) is 5.36. The molecule has 0 aromatic carbocycles. The molecule has 18 heavy (non-hydrogen) atoms. The van der Waals surface area contributed by atoms with Gasteiger partial charge in [0.05, 0.1) is 5.56 Å². The van der Waals surface area contributed by atoms with Gasteiger partial charge in [-0.25, -0.2) is 4.98 Å². The Hall–Kier alpha value is -1.89. The van der Waals surface area contributed by atoms with Gasteiger partial charge in [0.25, 0.3) is 5.91 Å². The van der Waals surface area contributed by atoms with Crippen LogP contribution in [-0.2, 0) is 6.42 Å². The van der Waals surface area contributed by atoms with Crippen LogP contribution in [0.25, 0.3) is 0 Å². The third-order valence-electron chi connectivity index (χ3n) is 2.37. The third kappa shape index (κ3) is 2.67. The van der Waals surface area contributed by atoms with Gasteiger partial charge in [0.2, 0.25) is 0 Å². The number of hydrogen-bond acceptors (Lipinski definition) is 4. The van der Waals surface area contributed by atoms with Crippen molar-refractivity contribution < 1.29 is 4.79 Å². The maximum atomic E-state index is 12.0. The average Bonchev–Trinajstić information content (AvgIpc) is 2.80. The molecule has 2 aromatic heterocycles. The van der Waals surface area contributed by atoms with E-state index >= 15 is 0 Å². The number of pyridine rings is 1. The molecule has 0 unspecified atom stereocenters. The summed E-state index contributed by atoms with van der Waals surface area (Å²) < 4.78 is 0.584. The Bertz CT molecular complexity index is 581. The standard InChI is InChI=1S/C11H12BrN5O/c1-2-6-3-10(17-16-6)15-11(18)7-4-9(13)14-5-8(7)12/h3-5H,2H2,1H3,(H2,13,14)(H2,15,16,17,18). The van der Waals surface area contributed by atoms with Gasteiger partial charge in [0.1, 0.15) is 5.82 Å². The first kappa shape index (κ1) is 12.6. The molecule has 0 radical (unpaired) electrons. The molecule has 0 aliphatic rings. The molecule has 94 valence electrons. The van der Waals surface area contributed by atoms with Gasteiger partial charge in [-0.2, -0.15) is 5.10 Å². The van der Waals surface area contributed by atoms with Gasteiger partial charge in [0, 0.05) is 22.4 Å². The minimum absolute atomic E-state index is 0.287. The molecule has 0 aliphatic heterocycles. The Kier molecular flexibility index (Phi) is 3.61. The highest BCUT2D eigenvalue weighted by Crippen LogP contribution is 2.18. The number of carbonyl (C=O) groups excluding carboxylic acids is 1. The highest BCUT2D eigenvalue weighted by molar-refractivity contribution is 9.10. The van der Waals surface area contributed by atoms with E-state index < -0.39 is 0 Å². The summed E-state index contributed by atoms with van der Waals surface area (Å²) in [4.78, 5) is 15.9. The lowest BCUT2D eigenvalue weighted by atomic mass is 10.2. The lowest BCUT2D eigenvalue weighted by Crippen LogP contribution is -2.13. The molecule has 2 aromatic rings. The summed E-state index contributed by atoms with van der Waals surface area (Å²) in [6, 6.07) is 3.29. The predicted octanol–water partition coefficient (Wildman–Crippen LogP) is 1.96. The van der Waals surface area contributed by atoms with E-state index in [-0.39, 0.29) is 5.91 Å². The topological polar surface area (TPSA) is 96.7 Å². The van der Waals surface area contributed by atoms with Crippen molar-refractivity contribution in [2.45, 2.75) is 13.3 Å². The molecular formula is C11H12BrN5O. The number of H-pyrrole nitrogens is 1. The maximum Gasteiger partial charge on any atom is 0.258 e. The predicted molar refractivity (Wildman–Crippen MR) is 72.3 cm³/mol. The molecule has 1 amide bonds. The lowest BCUT2D eigenvalue weighted by molar-refractivity contribution is 0.102. The quantitative estimate of drug-likeness (QED) is 0.807. The number of anilines is 2. The number of carbonyl (C=O) groups is 1. The molecule has 0 fully saturated rings. The van der Waals surface area contributed by atoms with Gasteiger partial charge in [-0.1, -0.05) is 6.92 Å². The number of rotatable bonds is 3. The molecular weight excluding hydrogens is 298 g/mol.